The summed E-state index contributed by atoms with van der Waals surface area (Å²) in [5.74, 6) is 1.19. The lowest BCUT2D eigenvalue weighted by atomic mass is 9.57. The minimum atomic E-state index is -0.988. The Labute approximate surface area is 166 Å². The van der Waals surface area contributed by atoms with E-state index in [9.17, 15) is 10.2 Å². The lowest BCUT2D eigenvalue weighted by Gasteiger charge is -2.20. The van der Waals surface area contributed by atoms with Crippen molar-refractivity contribution < 1.29 is 14.9 Å². The van der Waals surface area contributed by atoms with Crippen LogP contribution in [0.15, 0.2) is 18.6 Å². The summed E-state index contributed by atoms with van der Waals surface area (Å²) in [5.41, 5.74) is 6.51. The quantitative estimate of drug-likeness (QED) is 0.682. The summed E-state index contributed by atoms with van der Waals surface area (Å²) in [6, 6.07) is 1.81. The number of aromatic nitrogens is 3. The molecule has 0 amide bonds. The third kappa shape index (κ3) is 4.04. The van der Waals surface area contributed by atoms with Crippen LogP contribution in [0.3, 0.4) is 0 Å². The number of ether oxygens (including phenoxy) is 1. The van der Waals surface area contributed by atoms with Crippen LogP contribution in [-0.4, -0.2) is 50.3 Å². The molecule has 0 unspecified atom stereocenters. The minimum Gasteiger partial charge on any atom is -0.388 e. The Kier molecular flexibility index (Phi) is 6.18. The van der Waals surface area contributed by atoms with Crippen molar-refractivity contribution in [1.29, 1.82) is 0 Å². The number of aliphatic hydroxyl groups is 2. The van der Waals surface area contributed by atoms with Crippen LogP contribution >= 0.6 is 0 Å². The first-order valence-corrected chi connectivity index (χ1v) is 10.7. The SMILES string of the molecule is Nc1ncnc2c1ccn2[C@@H]1O[C@H](CCBC2CCCCCCC2)[C@@H](O)[C@H]1O. The Hall–Kier alpha value is -1.64. The molecular formula is C20H31BN4O3. The summed E-state index contributed by atoms with van der Waals surface area (Å²) < 4.78 is 7.82. The second-order valence-electron chi connectivity index (χ2n) is 8.41. The number of hydrogen-bond donors (Lipinski definition) is 3. The summed E-state index contributed by atoms with van der Waals surface area (Å²) in [6.45, 7) is 0. The molecular weight excluding hydrogens is 355 g/mol. The van der Waals surface area contributed by atoms with Crippen LogP contribution in [0, 0.1) is 0 Å². The number of nitrogens with zero attached hydrogens (tertiary/aromatic N) is 3. The number of nitrogens with two attached hydrogens (primary N) is 1. The zero-order chi connectivity index (χ0) is 19.5. The van der Waals surface area contributed by atoms with Gasteiger partial charge in [0.05, 0.1) is 11.5 Å². The van der Waals surface area contributed by atoms with Crippen molar-refractivity contribution in [2.24, 2.45) is 0 Å². The molecule has 1 aliphatic heterocycles. The maximum absolute atomic E-state index is 10.6. The van der Waals surface area contributed by atoms with E-state index in [4.69, 9.17) is 10.5 Å². The smallest absolute Gasteiger partial charge is 0.164 e. The molecule has 1 aliphatic carbocycles. The molecule has 8 heteroatoms. The van der Waals surface area contributed by atoms with Crippen molar-refractivity contribution in [2.45, 2.75) is 88.0 Å². The number of anilines is 1. The maximum Gasteiger partial charge on any atom is 0.164 e. The summed E-state index contributed by atoms with van der Waals surface area (Å²) in [6.07, 6.45) is 11.6. The van der Waals surface area contributed by atoms with Gasteiger partial charge in [-0.15, -0.1) is 0 Å². The van der Waals surface area contributed by atoms with E-state index in [2.05, 4.69) is 9.97 Å². The third-order valence-corrected chi connectivity index (χ3v) is 6.48. The molecule has 1 saturated carbocycles. The van der Waals surface area contributed by atoms with Gasteiger partial charge < -0.3 is 25.3 Å². The summed E-state index contributed by atoms with van der Waals surface area (Å²) in [4.78, 5) is 8.26. The molecule has 7 nitrogen and oxygen atoms in total. The normalized spacial score (nSPS) is 29.6. The maximum atomic E-state index is 10.6. The van der Waals surface area contributed by atoms with Crippen molar-refractivity contribution in [3.8, 4) is 0 Å². The first kappa shape index (κ1) is 19.7. The van der Waals surface area contributed by atoms with Gasteiger partial charge in [0.25, 0.3) is 0 Å². The lowest BCUT2D eigenvalue weighted by molar-refractivity contribution is -0.0352. The zero-order valence-electron chi connectivity index (χ0n) is 16.4. The van der Waals surface area contributed by atoms with E-state index in [1.807, 2.05) is 6.07 Å². The van der Waals surface area contributed by atoms with Crippen LogP contribution in [0.2, 0.25) is 12.1 Å². The van der Waals surface area contributed by atoms with Gasteiger partial charge >= 0.3 is 0 Å². The Balaban J connectivity index is 1.37. The molecule has 3 heterocycles. The van der Waals surface area contributed by atoms with Crippen LogP contribution in [0.1, 0.15) is 57.6 Å². The highest BCUT2D eigenvalue weighted by molar-refractivity contribution is 6.37. The fourth-order valence-corrected chi connectivity index (χ4v) is 4.83. The fraction of sp³-hybridized carbons (Fsp3) is 0.700. The van der Waals surface area contributed by atoms with E-state index in [-0.39, 0.29) is 6.10 Å². The van der Waals surface area contributed by atoms with E-state index in [0.29, 0.717) is 11.5 Å². The molecule has 0 bridgehead atoms. The standard InChI is InChI=1S/C20H31BN4O3/c22-18-14-9-11-25(19(14)24-12-23-18)20-17(27)16(26)15(28-20)8-10-21-13-6-4-2-1-3-5-7-13/h9,11-13,15-17,20-21,26-27H,1-8,10H2,(H2,22,23,24)/t15-,16-,17-,20-/m1/s1. The number of rotatable bonds is 5. The van der Waals surface area contributed by atoms with Crippen LogP contribution < -0.4 is 5.73 Å². The first-order valence-electron chi connectivity index (χ1n) is 10.7. The van der Waals surface area contributed by atoms with Crippen molar-refractivity contribution in [1.82, 2.24) is 14.5 Å². The van der Waals surface area contributed by atoms with Gasteiger partial charge in [0.2, 0.25) is 0 Å². The van der Waals surface area contributed by atoms with Crippen LogP contribution in [0.25, 0.3) is 11.0 Å². The number of hydrogen-bond acceptors (Lipinski definition) is 6. The molecule has 4 N–H and O–H groups in total. The van der Waals surface area contributed by atoms with Crippen LogP contribution in [0.4, 0.5) is 5.82 Å². The van der Waals surface area contributed by atoms with Crippen molar-refractivity contribution >= 4 is 24.1 Å². The van der Waals surface area contributed by atoms with E-state index in [1.54, 1.807) is 10.8 Å². The molecule has 4 rings (SSSR count). The second-order valence-corrected chi connectivity index (χ2v) is 8.41. The van der Waals surface area contributed by atoms with Crippen LogP contribution in [0.5, 0.6) is 0 Å². The lowest BCUT2D eigenvalue weighted by Crippen LogP contribution is -2.31. The molecule has 2 fully saturated rings. The van der Waals surface area contributed by atoms with Gasteiger partial charge in [-0.2, -0.15) is 0 Å². The summed E-state index contributed by atoms with van der Waals surface area (Å²) in [5, 5.41) is 21.8. The molecule has 28 heavy (non-hydrogen) atoms. The molecule has 0 spiro atoms. The zero-order valence-corrected chi connectivity index (χ0v) is 16.4. The summed E-state index contributed by atoms with van der Waals surface area (Å²) in [7, 11) is 1.18. The molecule has 4 atom stereocenters. The van der Waals surface area contributed by atoms with Crippen molar-refractivity contribution in [3.05, 3.63) is 18.6 Å². The molecule has 2 aromatic heterocycles. The molecule has 0 radical (unpaired) electrons. The van der Waals surface area contributed by atoms with Gasteiger partial charge in [-0.1, -0.05) is 57.1 Å². The average molecular weight is 386 g/mol. The van der Waals surface area contributed by atoms with E-state index >= 15 is 0 Å². The largest absolute Gasteiger partial charge is 0.388 e. The van der Waals surface area contributed by atoms with Gasteiger partial charge in [0, 0.05) is 6.20 Å². The Bertz CT molecular complexity index is 778. The number of aliphatic hydroxyl groups excluding tert-OH is 2. The van der Waals surface area contributed by atoms with Crippen LogP contribution in [-0.2, 0) is 4.74 Å². The van der Waals surface area contributed by atoms with E-state index in [0.717, 1.165) is 23.9 Å². The predicted molar refractivity (Wildman–Crippen MR) is 111 cm³/mol. The molecule has 152 valence electrons. The Morgan fingerprint density at radius 2 is 1.86 bits per heavy atom. The molecule has 2 aromatic rings. The highest BCUT2D eigenvalue weighted by Crippen LogP contribution is 2.35. The number of fused-ring (bicyclic) bond motifs is 1. The van der Waals surface area contributed by atoms with Gasteiger partial charge in [-0.3, -0.25) is 0 Å². The summed E-state index contributed by atoms with van der Waals surface area (Å²) >= 11 is 0. The van der Waals surface area contributed by atoms with Gasteiger partial charge in [-0.25, -0.2) is 9.97 Å². The highest BCUT2D eigenvalue weighted by Gasteiger charge is 2.43. The van der Waals surface area contributed by atoms with E-state index in [1.165, 1.54) is 58.6 Å². The van der Waals surface area contributed by atoms with Crippen molar-refractivity contribution in [3.63, 3.8) is 0 Å². The van der Waals surface area contributed by atoms with Gasteiger partial charge in [-0.05, 0) is 12.5 Å². The Morgan fingerprint density at radius 3 is 2.64 bits per heavy atom. The number of nitrogen functional groups attached to an aromatic ring is 1. The minimum absolute atomic E-state index is 0.356. The van der Waals surface area contributed by atoms with Gasteiger partial charge in [0.1, 0.15) is 37.3 Å². The van der Waals surface area contributed by atoms with E-state index < -0.39 is 18.4 Å². The Morgan fingerprint density at radius 1 is 1.11 bits per heavy atom. The molecule has 0 aromatic carbocycles. The predicted octanol–water partition coefficient (Wildman–Crippen LogP) is 2.41. The first-order chi connectivity index (χ1) is 13.6. The fourth-order valence-electron chi connectivity index (χ4n) is 4.83. The van der Waals surface area contributed by atoms with Gasteiger partial charge in [0.15, 0.2) is 6.23 Å². The third-order valence-electron chi connectivity index (χ3n) is 6.48. The average Bonchev–Trinajstić information content (AvgIpc) is 3.20. The molecule has 1 saturated heterocycles. The monoisotopic (exact) mass is 386 g/mol. The highest BCUT2D eigenvalue weighted by atomic mass is 16.6. The topological polar surface area (TPSA) is 106 Å². The molecule has 2 aliphatic rings. The second kappa shape index (κ2) is 8.80. The van der Waals surface area contributed by atoms with Crippen molar-refractivity contribution in [2.75, 3.05) is 5.73 Å².